The zero-order chi connectivity index (χ0) is 13.1. The molecule has 92 valence electrons. The SMILES string of the molecule is COc1ncccc1-c1cc(F)cc(C(C)=O)c1. The molecule has 2 aromatic rings. The largest absolute Gasteiger partial charge is 0.481 e. The highest BCUT2D eigenvalue weighted by molar-refractivity contribution is 5.95. The predicted molar refractivity (Wildman–Crippen MR) is 66.2 cm³/mol. The Labute approximate surface area is 104 Å². The Balaban J connectivity index is 2.60. The van der Waals surface area contributed by atoms with Crippen molar-refractivity contribution in [1.29, 1.82) is 0 Å². The minimum absolute atomic E-state index is 0.182. The molecule has 4 heteroatoms. The monoisotopic (exact) mass is 245 g/mol. The molecule has 0 bridgehead atoms. The van der Waals surface area contributed by atoms with Crippen LogP contribution in [-0.4, -0.2) is 17.9 Å². The lowest BCUT2D eigenvalue weighted by Crippen LogP contribution is -1.96. The first-order valence-corrected chi connectivity index (χ1v) is 5.42. The zero-order valence-electron chi connectivity index (χ0n) is 10.1. The number of pyridine rings is 1. The average Bonchev–Trinajstić information content (AvgIpc) is 2.38. The van der Waals surface area contributed by atoms with Crippen molar-refractivity contribution in [3.63, 3.8) is 0 Å². The van der Waals surface area contributed by atoms with Crippen LogP contribution in [0.15, 0.2) is 36.5 Å². The van der Waals surface area contributed by atoms with E-state index in [9.17, 15) is 9.18 Å². The molecule has 0 spiro atoms. The number of Topliss-reactive ketones (excluding diaryl/α,β-unsaturated/α-hetero) is 1. The topological polar surface area (TPSA) is 39.2 Å². The van der Waals surface area contributed by atoms with Gasteiger partial charge in [0.25, 0.3) is 0 Å². The van der Waals surface area contributed by atoms with Crippen LogP contribution in [0.2, 0.25) is 0 Å². The summed E-state index contributed by atoms with van der Waals surface area (Å²) >= 11 is 0. The first kappa shape index (κ1) is 12.2. The number of aromatic nitrogens is 1. The molecule has 0 aliphatic carbocycles. The fourth-order valence-electron chi connectivity index (χ4n) is 1.72. The van der Waals surface area contributed by atoms with Crippen molar-refractivity contribution in [2.75, 3.05) is 7.11 Å². The molecular weight excluding hydrogens is 233 g/mol. The molecule has 0 aliphatic rings. The number of benzene rings is 1. The molecule has 1 aromatic carbocycles. The Morgan fingerprint density at radius 2 is 2.11 bits per heavy atom. The molecule has 0 radical (unpaired) electrons. The molecule has 0 saturated carbocycles. The molecule has 18 heavy (non-hydrogen) atoms. The highest BCUT2D eigenvalue weighted by atomic mass is 19.1. The summed E-state index contributed by atoms with van der Waals surface area (Å²) < 4.78 is 18.6. The van der Waals surface area contributed by atoms with Gasteiger partial charge in [-0.3, -0.25) is 4.79 Å². The van der Waals surface area contributed by atoms with Gasteiger partial charge in [0.1, 0.15) is 5.82 Å². The second-order valence-corrected chi connectivity index (χ2v) is 3.85. The maximum absolute atomic E-state index is 13.5. The van der Waals surface area contributed by atoms with Gasteiger partial charge in [0.05, 0.1) is 7.11 Å². The van der Waals surface area contributed by atoms with Crippen molar-refractivity contribution in [1.82, 2.24) is 4.98 Å². The molecule has 0 amide bonds. The molecule has 1 aromatic heterocycles. The molecule has 0 saturated heterocycles. The van der Waals surface area contributed by atoms with E-state index in [2.05, 4.69) is 4.98 Å². The fourth-order valence-corrected chi connectivity index (χ4v) is 1.72. The molecule has 1 heterocycles. The van der Waals surface area contributed by atoms with Crippen molar-refractivity contribution in [3.8, 4) is 17.0 Å². The highest BCUT2D eigenvalue weighted by Crippen LogP contribution is 2.29. The normalized spacial score (nSPS) is 10.2. The summed E-state index contributed by atoms with van der Waals surface area (Å²) in [7, 11) is 1.50. The van der Waals surface area contributed by atoms with E-state index in [0.29, 0.717) is 22.6 Å². The van der Waals surface area contributed by atoms with E-state index in [0.717, 1.165) is 0 Å². The number of carbonyl (C=O) groups excluding carboxylic acids is 1. The first-order valence-electron chi connectivity index (χ1n) is 5.42. The van der Waals surface area contributed by atoms with Crippen molar-refractivity contribution in [2.45, 2.75) is 6.92 Å². The number of carbonyl (C=O) groups is 1. The van der Waals surface area contributed by atoms with Gasteiger partial charge >= 0.3 is 0 Å². The lowest BCUT2D eigenvalue weighted by molar-refractivity contribution is 0.101. The van der Waals surface area contributed by atoms with Crippen molar-refractivity contribution in [3.05, 3.63) is 47.9 Å². The van der Waals surface area contributed by atoms with Gasteiger partial charge in [-0.25, -0.2) is 9.37 Å². The van der Waals surface area contributed by atoms with Gasteiger partial charge in [0, 0.05) is 17.3 Å². The van der Waals surface area contributed by atoms with E-state index in [1.807, 2.05) is 0 Å². The first-order chi connectivity index (χ1) is 8.61. The van der Waals surface area contributed by atoms with Crippen LogP contribution in [0.4, 0.5) is 4.39 Å². The number of methoxy groups -OCH3 is 1. The third kappa shape index (κ3) is 2.37. The molecule has 2 rings (SSSR count). The Hall–Kier alpha value is -2.23. The van der Waals surface area contributed by atoms with Crippen LogP contribution in [-0.2, 0) is 0 Å². The predicted octanol–water partition coefficient (Wildman–Crippen LogP) is 3.10. The minimum Gasteiger partial charge on any atom is -0.481 e. The Morgan fingerprint density at radius 1 is 1.33 bits per heavy atom. The molecule has 0 unspecified atom stereocenters. The molecule has 0 aliphatic heterocycles. The summed E-state index contributed by atoms with van der Waals surface area (Å²) in [6.45, 7) is 1.40. The lowest BCUT2D eigenvalue weighted by Gasteiger charge is -2.08. The number of hydrogen-bond donors (Lipinski definition) is 0. The van der Waals surface area contributed by atoms with Crippen molar-refractivity contribution >= 4 is 5.78 Å². The third-order valence-corrected chi connectivity index (χ3v) is 2.58. The van der Waals surface area contributed by atoms with E-state index in [4.69, 9.17) is 4.74 Å². The number of halogens is 1. The summed E-state index contributed by atoms with van der Waals surface area (Å²) in [5, 5.41) is 0. The van der Waals surface area contributed by atoms with Crippen LogP contribution in [0.5, 0.6) is 5.88 Å². The summed E-state index contributed by atoms with van der Waals surface area (Å²) in [4.78, 5) is 15.4. The van der Waals surface area contributed by atoms with Crippen LogP contribution < -0.4 is 4.74 Å². The second kappa shape index (κ2) is 4.96. The van der Waals surface area contributed by atoms with Gasteiger partial charge < -0.3 is 4.74 Å². The quantitative estimate of drug-likeness (QED) is 0.780. The van der Waals surface area contributed by atoms with Gasteiger partial charge in [-0.05, 0) is 42.8 Å². The summed E-state index contributed by atoms with van der Waals surface area (Å²) in [6, 6.07) is 7.70. The van der Waals surface area contributed by atoms with E-state index >= 15 is 0 Å². The van der Waals surface area contributed by atoms with Gasteiger partial charge in [0.15, 0.2) is 5.78 Å². The van der Waals surface area contributed by atoms with Gasteiger partial charge in [-0.15, -0.1) is 0 Å². The summed E-state index contributed by atoms with van der Waals surface area (Å²) in [6.07, 6.45) is 1.59. The molecule has 3 nitrogen and oxygen atoms in total. The Bertz CT molecular complexity index is 596. The van der Waals surface area contributed by atoms with Crippen LogP contribution in [0, 0.1) is 5.82 Å². The van der Waals surface area contributed by atoms with Gasteiger partial charge in [-0.2, -0.15) is 0 Å². The Kier molecular flexibility index (Phi) is 3.37. The number of ether oxygens (including phenoxy) is 1. The molecule has 0 fully saturated rings. The number of ketones is 1. The van der Waals surface area contributed by atoms with Crippen LogP contribution >= 0.6 is 0 Å². The van der Waals surface area contributed by atoms with Crippen molar-refractivity contribution < 1.29 is 13.9 Å². The van der Waals surface area contributed by atoms with E-state index < -0.39 is 5.82 Å². The number of hydrogen-bond acceptors (Lipinski definition) is 3. The maximum Gasteiger partial charge on any atom is 0.221 e. The fraction of sp³-hybridized carbons (Fsp3) is 0.143. The second-order valence-electron chi connectivity index (χ2n) is 3.85. The Morgan fingerprint density at radius 3 is 2.78 bits per heavy atom. The average molecular weight is 245 g/mol. The zero-order valence-corrected chi connectivity index (χ0v) is 10.1. The maximum atomic E-state index is 13.5. The van der Waals surface area contributed by atoms with Gasteiger partial charge in [-0.1, -0.05) is 0 Å². The molecule has 0 atom stereocenters. The molecular formula is C14H12FNO2. The van der Waals surface area contributed by atoms with E-state index in [1.54, 1.807) is 24.4 Å². The smallest absolute Gasteiger partial charge is 0.221 e. The van der Waals surface area contributed by atoms with Crippen LogP contribution in [0.3, 0.4) is 0 Å². The van der Waals surface area contributed by atoms with Crippen LogP contribution in [0.25, 0.3) is 11.1 Å². The lowest BCUT2D eigenvalue weighted by atomic mass is 10.0. The minimum atomic E-state index is -0.455. The van der Waals surface area contributed by atoms with E-state index in [1.165, 1.54) is 26.2 Å². The van der Waals surface area contributed by atoms with E-state index in [-0.39, 0.29) is 5.78 Å². The van der Waals surface area contributed by atoms with Crippen molar-refractivity contribution in [2.24, 2.45) is 0 Å². The third-order valence-electron chi connectivity index (χ3n) is 2.58. The van der Waals surface area contributed by atoms with Gasteiger partial charge in [0.2, 0.25) is 5.88 Å². The molecule has 0 N–H and O–H groups in total. The summed E-state index contributed by atoms with van der Waals surface area (Å²) in [5.41, 5.74) is 1.56. The number of rotatable bonds is 3. The standard InChI is InChI=1S/C14H12FNO2/c1-9(17)10-6-11(8-12(15)7-10)13-4-3-5-16-14(13)18-2/h3-8H,1-2H3. The van der Waals surface area contributed by atoms with Crippen LogP contribution in [0.1, 0.15) is 17.3 Å². The highest BCUT2D eigenvalue weighted by Gasteiger charge is 2.10. The summed E-state index contributed by atoms with van der Waals surface area (Å²) in [5.74, 6) is -0.236. The number of nitrogens with zero attached hydrogens (tertiary/aromatic N) is 1.